The van der Waals surface area contributed by atoms with Gasteiger partial charge in [0.15, 0.2) is 0 Å². The van der Waals surface area contributed by atoms with Gasteiger partial charge in [0.2, 0.25) is 5.88 Å². The highest BCUT2D eigenvalue weighted by Crippen LogP contribution is 2.45. The van der Waals surface area contributed by atoms with E-state index in [-0.39, 0.29) is 23.6 Å². The molecule has 0 radical (unpaired) electrons. The molecule has 27 heavy (non-hydrogen) atoms. The summed E-state index contributed by atoms with van der Waals surface area (Å²) in [6.45, 7) is 3.56. The Kier molecular flexibility index (Phi) is 5.04. The first kappa shape index (κ1) is 18.3. The maximum atomic E-state index is 12.7. The van der Waals surface area contributed by atoms with E-state index in [2.05, 4.69) is 6.07 Å². The van der Waals surface area contributed by atoms with Crippen LogP contribution in [0.5, 0.6) is 5.75 Å². The van der Waals surface area contributed by atoms with Crippen LogP contribution in [0.3, 0.4) is 0 Å². The number of hydrogen-bond acceptors (Lipinski definition) is 6. The molecule has 3 rings (SSSR count). The van der Waals surface area contributed by atoms with Crippen molar-refractivity contribution in [2.45, 2.75) is 19.8 Å². The van der Waals surface area contributed by atoms with Crippen LogP contribution in [0.4, 0.5) is 0 Å². The van der Waals surface area contributed by atoms with Crippen molar-refractivity contribution in [2.75, 3.05) is 13.7 Å². The summed E-state index contributed by atoms with van der Waals surface area (Å²) in [5, 5.41) is 11.6. The van der Waals surface area contributed by atoms with E-state index in [4.69, 9.17) is 19.9 Å². The number of fused-ring (bicyclic) bond motifs is 1. The fourth-order valence-electron chi connectivity index (χ4n) is 3.39. The fraction of sp³-hybridized carbons (Fsp3) is 0.238. The minimum Gasteiger partial charge on any atom is -0.496 e. The Balaban J connectivity index is 2.37. The first-order valence-electron chi connectivity index (χ1n) is 8.54. The van der Waals surface area contributed by atoms with Gasteiger partial charge in [-0.2, -0.15) is 5.26 Å². The lowest BCUT2D eigenvalue weighted by Crippen LogP contribution is -2.26. The van der Waals surface area contributed by atoms with Crippen LogP contribution in [-0.2, 0) is 14.3 Å². The second kappa shape index (κ2) is 7.42. The quantitative estimate of drug-likeness (QED) is 0.835. The van der Waals surface area contributed by atoms with E-state index in [0.29, 0.717) is 17.1 Å². The van der Waals surface area contributed by atoms with Crippen LogP contribution < -0.4 is 10.5 Å². The third-order valence-corrected chi connectivity index (χ3v) is 4.54. The minimum atomic E-state index is -0.746. The molecule has 0 bridgehead atoms. The van der Waals surface area contributed by atoms with Crippen LogP contribution in [0.25, 0.3) is 10.8 Å². The van der Waals surface area contributed by atoms with Crippen LogP contribution in [0.1, 0.15) is 25.3 Å². The number of nitrogens with two attached hydrogens (primary N) is 1. The molecule has 2 aromatic rings. The largest absolute Gasteiger partial charge is 0.496 e. The van der Waals surface area contributed by atoms with Gasteiger partial charge < -0.3 is 19.9 Å². The summed E-state index contributed by atoms with van der Waals surface area (Å²) in [4.78, 5) is 12.7. The maximum absolute atomic E-state index is 12.7. The molecule has 1 aliphatic heterocycles. The summed E-state index contributed by atoms with van der Waals surface area (Å²) in [6.07, 6.45) is 0. The number of methoxy groups -OCH3 is 1. The van der Waals surface area contributed by atoms with Crippen LogP contribution in [0.2, 0.25) is 0 Å². The predicted molar refractivity (Wildman–Crippen MR) is 100 cm³/mol. The Morgan fingerprint density at radius 2 is 2.04 bits per heavy atom. The second-order valence-corrected chi connectivity index (χ2v) is 6.02. The normalized spacial score (nSPS) is 16.7. The average Bonchev–Trinajstić information content (AvgIpc) is 2.66. The molecule has 0 aliphatic carbocycles. The number of esters is 1. The summed E-state index contributed by atoms with van der Waals surface area (Å²) in [6, 6.07) is 13.5. The second-order valence-electron chi connectivity index (χ2n) is 6.02. The standard InChI is InChI=1S/C21H20N2O4/c1-4-26-21(24)17-12(2)27-20(23)15(11-22)19(17)18-14-8-6-5-7-13(14)9-10-16(18)25-3/h5-10,19H,4,23H2,1-3H3. The zero-order valence-corrected chi connectivity index (χ0v) is 15.4. The third-order valence-electron chi connectivity index (χ3n) is 4.54. The lowest BCUT2D eigenvalue weighted by Gasteiger charge is -2.28. The molecule has 138 valence electrons. The lowest BCUT2D eigenvalue weighted by molar-refractivity contribution is -0.139. The number of hydrogen-bond donors (Lipinski definition) is 1. The van der Waals surface area contributed by atoms with Crippen LogP contribution in [0, 0.1) is 11.3 Å². The molecule has 0 saturated heterocycles. The van der Waals surface area contributed by atoms with E-state index in [1.54, 1.807) is 21.0 Å². The van der Waals surface area contributed by atoms with Gasteiger partial charge in [-0.3, -0.25) is 0 Å². The molecule has 2 N–H and O–H groups in total. The lowest BCUT2D eigenvalue weighted by atomic mass is 9.80. The Morgan fingerprint density at radius 1 is 1.30 bits per heavy atom. The van der Waals surface area contributed by atoms with E-state index >= 15 is 0 Å². The zero-order chi connectivity index (χ0) is 19.6. The molecular formula is C21H20N2O4. The first-order chi connectivity index (χ1) is 13.0. The molecule has 0 amide bonds. The van der Waals surface area contributed by atoms with Gasteiger partial charge >= 0.3 is 5.97 Å². The van der Waals surface area contributed by atoms with E-state index in [9.17, 15) is 10.1 Å². The van der Waals surface area contributed by atoms with Gasteiger partial charge in [-0.25, -0.2) is 4.79 Å². The van der Waals surface area contributed by atoms with Crippen molar-refractivity contribution < 1.29 is 19.0 Å². The summed E-state index contributed by atoms with van der Waals surface area (Å²) in [7, 11) is 1.55. The van der Waals surface area contributed by atoms with E-state index in [1.807, 2.05) is 36.4 Å². The van der Waals surface area contributed by atoms with Crippen molar-refractivity contribution in [3.8, 4) is 11.8 Å². The zero-order valence-electron chi connectivity index (χ0n) is 15.4. The Bertz CT molecular complexity index is 1010. The van der Waals surface area contributed by atoms with Gasteiger partial charge in [0, 0.05) is 5.56 Å². The molecule has 1 unspecified atom stereocenters. The monoisotopic (exact) mass is 364 g/mol. The number of carbonyl (C=O) groups is 1. The minimum absolute atomic E-state index is 0.0250. The van der Waals surface area contributed by atoms with Crippen molar-refractivity contribution in [1.82, 2.24) is 0 Å². The van der Waals surface area contributed by atoms with Crippen LogP contribution in [-0.4, -0.2) is 19.7 Å². The number of allylic oxidation sites excluding steroid dienone is 2. The number of benzene rings is 2. The smallest absolute Gasteiger partial charge is 0.338 e. The fourth-order valence-corrected chi connectivity index (χ4v) is 3.39. The molecule has 6 heteroatoms. The highest BCUT2D eigenvalue weighted by atomic mass is 16.5. The number of ether oxygens (including phenoxy) is 3. The van der Waals surface area contributed by atoms with Gasteiger partial charge in [-0.05, 0) is 30.7 Å². The van der Waals surface area contributed by atoms with Gasteiger partial charge in [0.1, 0.15) is 23.2 Å². The SMILES string of the molecule is CCOC(=O)C1=C(C)OC(N)=C(C#N)C1c1c(OC)ccc2ccccc12. The van der Waals surface area contributed by atoms with Gasteiger partial charge in [-0.1, -0.05) is 30.3 Å². The van der Waals surface area contributed by atoms with Crippen molar-refractivity contribution in [1.29, 1.82) is 5.26 Å². The molecule has 1 heterocycles. The summed E-state index contributed by atoms with van der Waals surface area (Å²) >= 11 is 0. The van der Waals surface area contributed by atoms with Crippen LogP contribution in [0.15, 0.2) is 59.2 Å². The van der Waals surface area contributed by atoms with Crippen molar-refractivity contribution >= 4 is 16.7 Å². The molecule has 2 aromatic carbocycles. The van der Waals surface area contributed by atoms with E-state index in [1.165, 1.54) is 0 Å². The number of nitriles is 1. The first-order valence-corrected chi connectivity index (χ1v) is 8.54. The summed E-state index contributed by atoms with van der Waals surface area (Å²) in [5.41, 5.74) is 7.07. The van der Waals surface area contributed by atoms with Crippen molar-refractivity contribution in [2.24, 2.45) is 5.73 Å². The number of carbonyl (C=O) groups excluding carboxylic acids is 1. The molecule has 0 saturated carbocycles. The highest BCUT2D eigenvalue weighted by molar-refractivity contribution is 5.96. The third kappa shape index (κ3) is 3.08. The number of rotatable bonds is 4. The molecule has 6 nitrogen and oxygen atoms in total. The molecule has 1 atom stereocenters. The van der Waals surface area contributed by atoms with Gasteiger partial charge in [-0.15, -0.1) is 0 Å². The Hall–Kier alpha value is -3.46. The average molecular weight is 364 g/mol. The van der Waals surface area contributed by atoms with Gasteiger partial charge in [0.25, 0.3) is 0 Å². The Labute approximate surface area is 157 Å². The van der Waals surface area contributed by atoms with Crippen molar-refractivity contribution in [3.63, 3.8) is 0 Å². The predicted octanol–water partition coefficient (Wildman–Crippen LogP) is 3.49. The van der Waals surface area contributed by atoms with E-state index in [0.717, 1.165) is 10.8 Å². The molecule has 0 aromatic heterocycles. The summed E-state index contributed by atoms with van der Waals surface area (Å²) in [5.74, 6) is -0.456. The Morgan fingerprint density at radius 3 is 2.70 bits per heavy atom. The van der Waals surface area contributed by atoms with Gasteiger partial charge in [0.05, 0.1) is 25.2 Å². The number of nitrogens with zero attached hydrogens (tertiary/aromatic N) is 1. The molecular weight excluding hydrogens is 344 g/mol. The van der Waals surface area contributed by atoms with Crippen LogP contribution >= 0.6 is 0 Å². The topological polar surface area (TPSA) is 94.6 Å². The van der Waals surface area contributed by atoms with Crippen molar-refractivity contribution in [3.05, 3.63) is 64.8 Å². The highest BCUT2D eigenvalue weighted by Gasteiger charge is 2.38. The van der Waals surface area contributed by atoms with E-state index < -0.39 is 11.9 Å². The maximum Gasteiger partial charge on any atom is 0.338 e. The summed E-state index contributed by atoms with van der Waals surface area (Å²) < 4.78 is 16.3. The molecule has 1 aliphatic rings. The molecule has 0 fully saturated rings. The molecule has 0 spiro atoms.